The zero-order valence-electron chi connectivity index (χ0n) is 9.19. The molecular weight excluding hydrogens is 217 g/mol. The second-order valence-electron chi connectivity index (χ2n) is 3.85. The number of ketones is 1. The predicted molar refractivity (Wildman–Crippen MR) is 65.3 cm³/mol. The molecule has 0 fully saturated rings. The summed E-state index contributed by atoms with van der Waals surface area (Å²) in [6.45, 7) is 0. The lowest BCUT2D eigenvalue weighted by Crippen LogP contribution is -2.04. The fraction of sp³-hybridized carbons (Fsp3) is 0.0714. The van der Waals surface area contributed by atoms with Gasteiger partial charge in [-0.3, -0.25) is 4.79 Å². The van der Waals surface area contributed by atoms with Gasteiger partial charge in [0.15, 0.2) is 5.78 Å². The molecule has 0 aliphatic heterocycles. The first kappa shape index (κ1) is 11.3. The second kappa shape index (κ2) is 4.78. The smallest absolute Gasteiger partial charge is 0.167 e. The zero-order chi connectivity index (χ0) is 12.3. The molecule has 2 aromatic rings. The highest BCUT2D eigenvalue weighted by Crippen LogP contribution is 2.11. The predicted octanol–water partition coefficient (Wildman–Crippen LogP) is 2.83. The number of Topliss-reactive ketones (excluding diaryl/α,β-unsaturated/α-hetero) is 1. The molecule has 0 unspecified atom stereocenters. The first-order valence-corrected chi connectivity index (χ1v) is 5.28. The molecule has 0 saturated heterocycles. The summed E-state index contributed by atoms with van der Waals surface area (Å²) in [5.41, 5.74) is 7.54. The average molecular weight is 229 g/mol. The van der Waals surface area contributed by atoms with Gasteiger partial charge in [-0.05, 0) is 29.8 Å². The van der Waals surface area contributed by atoms with Crippen LogP contribution in [0.15, 0.2) is 48.5 Å². The van der Waals surface area contributed by atoms with Crippen LogP contribution in [-0.2, 0) is 6.42 Å². The molecule has 17 heavy (non-hydrogen) atoms. The second-order valence-corrected chi connectivity index (χ2v) is 3.85. The van der Waals surface area contributed by atoms with Crippen LogP contribution in [0.5, 0.6) is 0 Å². The Morgan fingerprint density at radius 2 is 1.82 bits per heavy atom. The van der Waals surface area contributed by atoms with Crippen molar-refractivity contribution in [1.29, 1.82) is 0 Å². The van der Waals surface area contributed by atoms with E-state index in [1.807, 2.05) is 0 Å². The number of halogens is 1. The number of hydrogen-bond acceptors (Lipinski definition) is 2. The molecular formula is C14H12FNO. The number of nitrogens with two attached hydrogens (primary N) is 1. The van der Waals surface area contributed by atoms with Crippen molar-refractivity contribution in [2.24, 2.45) is 0 Å². The van der Waals surface area contributed by atoms with E-state index in [0.29, 0.717) is 11.3 Å². The molecule has 0 saturated carbocycles. The van der Waals surface area contributed by atoms with Gasteiger partial charge in [0, 0.05) is 17.7 Å². The molecule has 0 heterocycles. The number of rotatable bonds is 3. The summed E-state index contributed by atoms with van der Waals surface area (Å²) < 4.78 is 12.7. The van der Waals surface area contributed by atoms with Gasteiger partial charge in [0.1, 0.15) is 5.82 Å². The molecule has 0 aliphatic rings. The minimum Gasteiger partial charge on any atom is -0.399 e. The summed E-state index contributed by atoms with van der Waals surface area (Å²) >= 11 is 0. The summed E-state index contributed by atoms with van der Waals surface area (Å²) in [5, 5.41) is 0. The third-order valence-corrected chi connectivity index (χ3v) is 2.49. The number of carbonyl (C=O) groups is 1. The molecule has 0 spiro atoms. The largest absolute Gasteiger partial charge is 0.399 e. The first-order valence-electron chi connectivity index (χ1n) is 5.28. The SMILES string of the molecule is Nc1cccc(C(=O)Cc2ccc(F)cc2)c1. The van der Waals surface area contributed by atoms with E-state index in [1.54, 1.807) is 36.4 Å². The van der Waals surface area contributed by atoms with Gasteiger partial charge >= 0.3 is 0 Å². The van der Waals surface area contributed by atoms with Gasteiger partial charge in [-0.15, -0.1) is 0 Å². The molecule has 2 aromatic carbocycles. The number of carbonyl (C=O) groups excluding carboxylic acids is 1. The number of anilines is 1. The van der Waals surface area contributed by atoms with Crippen LogP contribution in [0.3, 0.4) is 0 Å². The van der Waals surface area contributed by atoms with Gasteiger partial charge in [-0.1, -0.05) is 24.3 Å². The number of benzene rings is 2. The van der Waals surface area contributed by atoms with Crippen molar-refractivity contribution >= 4 is 11.5 Å². The summed E-state index contributed by atoms with van der Waals surface area (Å²) in [5.74, 6) is -0.325. The Hall–Kier alpha value is -2.16. The topological polar surface area (TPSA) is 43.1 Å². The van der Waals surface area contributed by atoms with Gasteiger partial charge in [-0.25, -0.2) is 4.39 Å². The minimum absolute atomic E-state index is 0.0242. The fourth-order valence-corrected chi connectivity index (χ4v) is 1.60. The Labute approximate surface area is 98.9 Å². The van der Waals surface area contributed by atoms with Crippen molar-refractivity contribution in [3.05, 3.63) is 65.5 Å². The van der Waals surface area contributed by atoms with E-state index in [2.05, 4.69) is 0 Å². The molecule has 0 radical (unpaired) electrons. The van der Waals surface area contributed by atoms with Crippen LogP contribution in [0.1, 0.15) is 15.9 Å². The van der Waals surface area contributed by atoms with Gasteiger partial charge in [0.25, 0.3) is 0 Å². The third kappa shape index (κ3) is 2.91. The molecule has 0 atom stereocenters. The average Bonchev–Trinajstić information content (AvgIpc) is 2.32. The van der Waals surface area contributed by atoms with E-state index in [0.717, 1.165) is 5.56 Å². The standard InChI is InChI=1S/C14H12FNO/c15-12-6-4-10(5-7-12)8-14(17)11-2-1-3-13(16)9-11/h1-7,9H,8,16H2. The van der Waals surface area contributed by atoms with Crippen molar-refractivity contribution in [3.8, 4) is 0 Å². The Bertz CT molecular complexity index is 534. The lowest BCUT2D eigenvalue weighted by molar-refractivity contribution is 0.0993. The van der Waals surface area contributed by atoms with Crippen molar-refractivity contribution in [1.82, 2.24) is 0 Å². The van der Waals surface area contributed by atoms with Crippen molar-refractivity contribution < 1.29 is 9.18 Å². The van der Waals surface area contributed by atoms with Crippen molar-refractivity contribution in [2.75, 3.05) is 5.73 Å². The van der Waals surface area contributed by atoms with E-state index in [1.165, 1.54) is 12.1 Å². The van der Waals surface area contributed by atoms with E-state index in [9.17, 15) is 9.18 Å². The Kier molecular flexibility index (Phi) is 3.19. The number of hydrogen-bond donors (Lipinski definition) is 1. The third-order valence-electron chi connectivity index (χ3n) is 2.49. The first-order chi connectivity index (χ1) is 8.15. The van der Waals surface area contributed by atoms with Gasteiger partial charge < -0.3 is 5.73 Å². The molecule has 0 aliphatic carbocycles. The molecule has 2 nitrogen and oxygen atoms in total. The summed E-state index contributed by atoms with van der Waals surface area (Å²) in [6, 6.07) is 12.8. The lowest BCUT2D eigenvalue weighted by Gasteiger charge is -2.02. The van der Waals surface area contributed by atoms with Crippen molar-refractivity contribution in [3.63, 3.8) is 0 Å². The highest BCUT2D eigenvalue weighted by molar-refractivity contribution is 5.98. The Balaban J connectivity index is 2.14. The van der Waals surface area contributed by atoms with Crippen LogP contribution in [0.2, 0.25) is 0 Å². The zero-order valence-corrected chi connectivity index (χ0v) is 9.19. The Morgan fingerprint density at radius 1 is 1.12 bits per heavy atom. The summed E-state index contributed by atoms with van der Waals surface area (Å²) in [7, 11) is 0. The van der Waals surface area contributed by atoms with E-state index < -0.39 is 0 Å². The molecule has 0 bridgehead atoms. The Morgan fingerprint density at radius 3 is 2.47 bits per heavy atom. The molecule has 2 rings (SSSR count). The maximum absolute atomic E-state index is 12.7. The van der Waals surface area contributed by atoms with Crippen LogP contribution in [-0.4, -0.2) is 5.78 Å². The maximum Gasteiger partial charge on any atom is 0.167 e. The summed E-state index contributed by atoms with van der Waals surface area (Å²) in [6.07, 6.45) is 0.254. The normalized spacial score (nSPS) is 10.2. The molecule has 0 amide bonds. The quantitative estimate of drug-likeness (QED) is 0.649. The maximum atomic E-state index is 12.7. The highest BCUT2D eigenvalue weighted by Gasteiger charge is 2.07. The van der Waals surface area contributed by atoms with Gasteiger partial charge in [0.2, 0.25) is 0 Å². The van der Waals surface area contributed by atoms with E-state index in [-0.39, 0.29) is 18.0 Å². The van der Waals surface area contributed by atoms with E-state index >= 15 is 0 Å². The van der Waals surface area contributed by atoms with Gasteiger partial charge in [-0.2, -0.15) is 0 Å². The molecule has 3 heteroatoms. The molecule has 2 N–H and O–H groups in total. The molecule has 0 aromatic heterocycles. The number of nitrogen functional groups attached to an aromatic ring is 1. The van der Waals surface area contributed by atoms with Crippen molar-refractivity contribution in [2.45, 2.75) is 6.42 Å². The van der Waals surface area contributed by atoms with Gasteiger partial charge in [0.05, 0.1) is 0 Å². The monoisotopic (exact) mass is 229 g/mol. The van der Waals surface area contributed by atoms with Crippen LogP contribution >= 0.6 is 0 Å². The van der Waals surface area contributed by atoms with Crippen LogP contribution in [0.25, 0.3) is 0 Å². The van der Waals surface area contributed by atoms with E-state index in [4.69, 9.17) is 5.73 Å². The lowest BCUT2D eigenvalue weighted by atomic mass is 10.0. The highest BCUT2D eigenvalue weighted by atomic mass is 19.1. The summed E-state index contributed by atoms with van der Waals surface area (Å²) in [4.78, 5) is 11.9. The minimum atomic E-state index is -0.301. The molecule has 86 valence electrons. The van der Waals surface area contributed by atoms with Crippen LogP contribution < -0.4 is 5.73 Å². The van der Waals surface area contributed by atoms with Crippen LogP contribution in [0, 0.1) is 5.82 Å². The van der Waals surface area contributed by atoms with Crippen LogP contribution in [0.4, 0.5) is 10.1 Å². The fourth-order valence-electron chi connectivity index (χ4n) is 1.60.